The minimum Gasteiger partial charge on any atom is -0.481 e. The van der Waals surface area contributed by atoms with Gasteiger partial charge in [0.25, 0.3) is 0 Å². The van der Waals surface area contributed by atoms with Crippen molar-refractivity contribution in [1.82, 2.24) is 4.90 Å². The molecule has 0 aliphatic heterocycles. The third-order valence-corrected chi connectivity index (χ3v) is 3.58. The first-order valence-electron chi connectivity index (χ1n) is 7.47. The predicted octanol–water partition coefficient (Wildman–Crippen LogP) is 3.28. The molecule has 0 aromatic carbocycles. The molecular formula is C15H27NO4. The van der Waals surface area contributed by atoms with Crippen molar-refractivity contribution in [2.45, 2.75) is 71.4 Å². The number of hydrogen-bond acceptors (Lipinski definition) is 3. The fourth-order valence-electron chi connectivity index (χ4n) is 2.54. The Kier molecular flexibility index (Phi) is 5.84. The summed E-state index contributed by atoms with van der Waals surface area (Å²) in [6.45, 7) is 8.25. The molecule has 1 N–H and O–H groups in total. The molecule has 0 radical (unpaired) electrons. The van der Waals surface area contributed by atoms with E-state index in [9.17, 15) is 9.59 Å². The largest absolute Gasteiger partial charge is 0.481 e. The zero-order chi connectivity index (χ0) is 15.3. The highest BCUT2D eigenvalue weighted by atomic mass is 16.6. The van der Waals surface area contributed by atoms with Gasteiger partial charge >= 0.3 is 12.1 Å². The van der Waals surface area contributed by atoms with Gasteiger partial charge in [0, 0.05) is 12.6 Å². The Balaban J connectivity index is 2.69. The Bertz CT molecular complexity index is 348. The number of unbranched alkanes of at least 4 members (excludes halogenated alkanes) is 1. The standard InChI is InChI=1S/C15H27NO4/c1-5-6-9-16(14(19)20-15(2,3)4)12-8-7-11(10-12)13(17)18/h11-12H,5-10H2,1-4H3,(H,17,18). The lowest BCUT2D eigenvalue weighted by molar-refractivity contribution is -0.141. The van der Waals surface area contributed by atoms with Gasteiger partial charge in [-0.05, 0) is 46.5 Å². The SMILES string of the molecule is CCCCN(C(=O)OC(C)(C)C)C1CCC(C(=O)O)C1. The first kappa shape index (κ1) is 16.8. The van der Waals surface area contributed by atoms with Crippen molar-refractivity contribution in [3.63, 3.8) is 0 Å². The number of carbonyl (C=O) groups excluding carboxylic acids is 1. The molecule has 0 heterocycles. The molecule has 1 aliphatic rings. The fourth-order valence-corrected chi connectivity index (χ4v) is 2.54. The van der Waals surface area contributed by atoms with Gasteiger partial charge < -0.3 is 14.7 Å². The topological polar surface area (TPSA) is 66.8 Å². The minimum absolute atomic E-state index is 0.00231. The van der Waals surface area contributed by atoms with Crippen LogP contribution in [0.1, 0.15) is 59.8 Å². The summed E-state index contributed by atoms with van der Waals surface area (Å²) in [5.74, 6) is -1.08. The third-order valence-electron chi connectivity index (χ3n) is 3.58. The number of nitrogens with zero attached hydrogens (tertiary/aromatic N) is 1. The van der Waals surface area contributed by atoms with Gasteiger partial charge in [0.2, 0.25) is 0 Å². The van der Waals surface area contributed by atoms with Crippen LogP contribution in [0.15, 0.2) is 0 Å². The van der Waals surface area contributed by atoms with Crippen molar-refractivity contribution in [3.8, 4) is 0 Å². The van der Waals surface area contributed by atoms with Crippen LogP contribution >= 0.6 is 0 Å². The maximum Gasteiger partial charge on any atom is 0.410 e. The van der Waals surface area contributed by atoms with E-state index in [0.717, 1.165) is 19.3 Å². The summed E-state index contributed by atoms with van der Waals surface area (Å²) in [7, 11) is 0. The number of aliphatic carboxylic acids is 1. The molecule has 0 aromatic rings. The highest BCUT2D eigenvalue weighted by Gasteiger charge is 2.36. The predicted molar refractivity (Wildman–Crippen MR) is 76.6 cm³/mol. The zero-order valence-electron chi connectivity index (χ0n) is 13.0. The lowest BCUT2D eigenvalue weighted by Gasteiger charge is -2.31. The molecule has 1 rings (SSSR count). The molecule has 2 atom stereocenters. The molecule has 5 nitrogen and oxygen atoms in total. The molecule has 0 aromatic heterocycles. The molecular weight excluding hydrogens is 258 g/mol. The number of carbonyl (C=O) groups is 2. The minimum atomic E-state index is -0.757. The highest BCUT2D eigenvalue weighted by Crippen LogP contribution is 2.30. The van der Waals surface area contributed by atoms with Crippen LogP contribution in [0.5, 0.6) is 0 Å². The highest BCUT2D eigenvalue weighted by molar-refractivity contribution is 5.71. The summed E-state index contributed by atoms with van der Waals surface area (Å²) in [6, 6.07) is -0.00231. The van der Waals surface area contributed by atoms with Gasteiger partial charge in [0.1, 0.15) is 5.60 Å². The monoisotopic (exact) mass is 285 g/mol. The molecule has 0 bridgehead atoms. The molecule has 116 valence electrons. The van der Waals surface area contributed by atoms with Crippen molar-refractivity contribution >= 4 is 12.1 Å². The van der Waals surface area contributed by atoms with Gasteiger partial charge in [-0.15, -0.1) is 0 Å². The van der Waals surface area contributed by atoms with Crippen molar-refractivity contribution in [3.05, 3.63) is 0 Å². The molecule has 1 fully saturated rings. The van der Waals surface area contributed by atoms with E-state index < -0.39 is 11.6 Å². The Morgan fingerprint density at radius 2 is 1.95 bits per heavy atom. The molecule has 0 saturated heterocycles. The lowest BCUT2D eigenvalue weighted by atomic mass is 10.1. The molecule has 1 amide bonds. The van der Waals surface area contributed by atoms with E-state index in [1.54, 1.807) is 4.90 Å². The summed E-state index contributed by atoms with van der Waals surface area (Å²) in [5.41, 5.74) is -0.521. The first-order valence-corrected chi connectivity index (χ1v) is 7.47. The van der Waals surface area contributed by atoms with E-state index in [0.29, 0.717) is 19.4 Å². The van der Waals surface area contributed by atoms with Crippen molar-refractivity contribution in [2.24, 2.45) is 5.92 Å². The number of amides is 1. The van der Waals surface area contributed by atoms with E-state index >= 15 is 0 Å². The molecule has 0 spiro atoms. The smallest absolute Gasteiger partial charge is 0.410 e. The van der Waals surface area contributed by atoms with E-state index in [4.69, 9.17) is 9.84 Å². The second kappa shape index (κ2) is 6.95. The Morgan fingerprint density at radius 1 is 1.30 bits per heavy atom. The summed E-state index contributed by atoms with van der Waals surface area (Å²) < 4.78 is 5.44. The van der Waals surface area contributed by atoms with Crippen LogP contribution in [0, 0.1) is 5.92 Å². The number of carboxylic acid groups (broad SMARTS) is 1. The van der Waals surface area contributed by atoms with Crippen LogP contribution in [0.25, 0.3) is 0 Å². The van der Waals surface area contributed by atoms with Crippen molar-refractivity contribution in [1.29, 1.82) is 0 Å². The van der Waals surface area contributed by atoms with Crippen LogP contribution in [-0.2, 0) is 9.53 Å². The summed E-state index contributed by atoms with van der Waals surface area (Å²) in [6.07, 6.45) is 3.52. The van der Waals surface area contributed by atoms with Gasteiger partial charge in [0.05, 0.1) is 5.92 Å². The Hall–Kier alpha value is -1.26. The van der Waals surface area contributed by atoms with Crippen LogP contribution in [-0.4, -0.2) is 40.3 Å². The molecule has 1 saturated carbocycles. The van der Waals surface area contributed by atoms with Gasteiger partial charge in [-0.3, -0.25) is 4.79 Å². The summed E-state index contributed by atoms with van der Waals surface area (Å²) >= 11 is 0. The van der Waals surface area contributed by atoms with Gasteiger partial charge in [-0.1, -0.05) is 13.3 Å². The zero-order valence-corrected chi connectivity index (χ0v) is 13.0. The van der Waals surface area contributed by atoms with E-state index in [1.165, 1.54) is 0 Å². The molecule has 5 heteroatoms. The normalized spacial score (nSPS) is 22.6. The van der Waals surface area contributed by atoms with E-state index in [1.807, 2.05) is 20.8 Å². The maximum absolute atomic E-state index is 12.3. The summed E-state index contributed by atoms with van der Waals surface area (Å²) in [4.78, 5) is 25.1. The number of rotatable bonds is 5. The van der Waals surface area contributed by atoms with Crippen LogP contribution in [0.2, 0.25) is 0 Å². The quantitative estimate of drug-likeness (QED) is 0.841. The van der Waals surface area contributed by atoms with Crippen LogP contribution in [0.3, 0.4) is 0 Å². The van der Waals surface area contributed by atoms with Crippen LogP contribution < -0.4 is 0 Å². The lowest BCUT2D eigenvalue weighted by Crippen LogP contribution is -2.43. The average molecular weight is 285 g/mol. The molecule has 1 aliphatic carbocycles. The molecule has 2 unspecified atom stereocenters. The average Bonchev–Trinajstić information content (AvgIpc) is 2.76. The van der Waals surface area contributed by atoms with Crippen molar-refractivity contribution < 1.29 is 19.4 Å². The molecule has 20 heavy (non-hydrogen) atoms. The van der Waals surface area contributed by atoms with Crippen molar-refractivity contribution in [2.75, 3.05) is 6.54 Å². The van der Waals surface area contributed by atoms with Gasteiger partial charge in [-0.25, -0.2) is 4.79 Å². The van der Waals surface area contributed by atoms with Gasteiger partial charge in [-0.2, -0.15) is 0 Å². The number of carboxylic acids is 1. The second-order valence-corrected chi connectivity index (χ2v) is 6.53. The maximum atomic E-state index is 12.3. The second-order valence-electron chi connectivity index (χ2n) is 6.53. The third kappa shape index (κ3) is 5.02. The van der Waals surface area contributed by atoms with E-state index in [2.05, 4.69) is 6.92 Å². The number of ether oxygens (including phenoxy) is 1. The Labute approximate surface area is 121 Å². The van der Waals surface area contributed by atoms with Gasteiger partial charge in [0.15, 0.2) is 0 Å². The first-order chi connectivity index (χ1) is 9.24. The van der Waals surface area contributed by atoms with E-state index in [-0.39, 0.29) is 18.1 Å². The van der Waals surface area contributed by atoms with Crippen LogP contribution in [0.4, 0.5) is 4.79 Å². The Morgan fingerprint density at radius 3 is 2.40 bits per heavy atom. The number of hydrogen-bond donors (Lipinski definition) is 1. The fraction of sp³-hybridized carbons (Fsp3) is 0.867. The summed E-state index contributed by atoms with van der Waals surface area (Å²) in [5, 5.41) is 9.08.